The highest BCUT2D eigenvalue weighted by Crippen LogP contribution is 2.28. The molecule has 24 heavy (non-hydrogen) atoms. The van der Waals surface area contributed by atoms with Gasteiger partial charge in [-0.05, 0) is 25.0 Å². The first-order valence-electron chi connectivity index (χ1n) is 7.90. The Morgan fingerprint density at radius 2 is 1.79 bits per heavy atom. The molecule has 1 aliphatic rings. The zero-order valence-electron chi connectivity index (χ0n) is 13.0. The minimum Gasteiger partial charge on any atom is -0.354 e. The zero-order valence-corrected chi connectivity index (χ0v) is 13.0. The molecule has 1 aliphatic heterocycles. The number of fused-ring (bicyclic) bond motifs is 1. The van der Waals surface area contributed by atoms with E-state index < -0.39 is 0 Å². The maximum Gasteiger partial charge on any atom is 0.277 e. The summed E-state index contributed by atoms with van der Waals surface area (Å²) in [4.78, 5) is 31.8. The van der Waals surface area contributed by atoms with Crippen LogP contribution in [0.4, 0.5) is 11.6 Å². The molecule has 0 bridgehead atoms. The van der Waals surface area contributed by atoms with E-state index >= 15 is 0 Å². The van der Waals surface area contributed by atoms with E-state index in [4.69, 9.17) is 4.98 Å². The molecule has 1 saturated heterocycles. The zero-order chi connectivity index (χ0) is 16.4. The number of benzene rings is 1. The number of carbonyl (C=O) groups excluding carboxylic acids is 1. The van der Waals surface area contributed by atoms with Gasteiger partial charge in [-0.15, -0.1) is 0 Å². The standard InChI is InChI=1S/C17H16N6O/c24-17(14-11-18-7-8-19-14)22-15-16(23-9-3-4-10-23)21-13-6-2-1-5-12(13)20-15/h1-2,5-8,11H,3-4,9-10H2,(H,20,22,24). The molecule has 7 nitrogen and oxygen atoms in total. The van der Waals surface area contributed by atoms with Crippen LogP contribution in [-0.4, -0.2) is 38.9 Å². The van der Waals surface area contributed by atoms with Gasteiger partial charge in [0.1, 0.15) is 5.69 Å². The summed E-state index contributed by atoms with van der Waals surface area (Å²) in [5, 5.41) is 2.84. The van der Waals surface area contributed by atoms with Gasteiger partial charge in [0.25, 0.3) is 5.91 Å². The quantitative estimate of drug-likeness (QED) is 0.797. The molecule has 0 aliphatic carbocycles. The Kier molecular flexibility index (Phi) is 3.74. The minimum atomic E-state index is -0.340. The molecule has 0 radical (unpaired) electrons. The first-order chi connectivity index (χ1) is 11.8. The van der Waals surface area contributed by atoms with Crippen molar-refractivity contribution in [1.29, 1.82) is 0 Å². The number of aromatic nitrogens is 4. The van der Waals surface area contributed by atoms with E-state index in [0.29, 0.717) is 11.6 Å². The predicted molar refractivity (Wildman–Crippen MR) is 91.0 cm³/mol. The van der Waals surface area contributed by atoms with Crippen molar-refractivity contribution in [3.8, 4) is 0 Å². The third-order valence-corrected chi connectivity index (χ3v) is 3.99. The Hall–Kier alpha value is -3.09. The molecule has 0 saturated carbocycles. The molecule has 2 aromatic heterocycles. The molecule has 0 unspecified atom stereocenters. The number of hydrogen-bond acceptors (Lipinski definition) is 6. The van der Waals surface area contributed by atoms with E-state index in [1.165, 1.54) is 18.6 Å². The normalized spacial score (nSPS) is 14.1. The van der Waals surface area contributed by atoms with E-state index in [2.05, 4.69) is 25.2 Å². The largest absolute Gasteiger partial charge is 0.354 e. The van der Waals surface area contributed by atoms with Crippen molar-refractivity contribution < 1.29 is 4.79 Å². The number of anilines is 2. The van der Waals surface area contributed by atoms with Crippen LogP contribution in [0, 0.1) is 0 Å². The first kappa shape index (κ1) is 14.5. The third kappa shape index (κ3) is 2.76. The summed E-state index contributed by atoms with van der Waals surface area (Å²) >= 11 is 0. The maximum atomic E-state index is 12.4. The first-order valence-corrected chi connectivity index (χ1v) is 7.90. The molecule has 1 aromatic carbocycles. The highest BCUT2D eigenvalue weighted by Gasteiger charge is 2.21. The lowest BCUT2D eigenvalue weighted by Gasteiger charge is -2.20. The molecule has 1 amide bonds. The second-order valence-electron chi connectivity index (χ2n) is 5.62. The fourth-order valence-corrected chi connectivity index (χ4v) is 2.81. The lowest BCUT2D eigenvalue weighted by atomic mass is 10.3. The van der Waals surface area contributed by atoms with Crippen molar-refractivity contribution >= 4 is 28.6 Å². The van der Waals surface area contributed by atoms with Crippen LogP contribution >= 0.6 is 0 Å². The number of para-hydroxylation sites is 2. The van der Waals surface area contributed by atoms with Crippen molar-refractivity contribution in [2.24, 2.45) is 0 Å². The number of rotatable bonds is 3. The number of carbonyl (C=O) groups is 1. The molecule has 1 fully saturated rings. The lowest BCUT2D eigenvalue weighted by molar-refractivity contribution is 0.102. The molecule has 4 rings (SSSR count). The van der Waals surface area contributed by atoms with Crippen LogP contribution in [0.3, 0.4) is 0 Å². The molecule has 0 spiro atoms. The topological polar surface area (TPSA) is 83.9 Å². The number of nitrogens with one attached hydrogen (secondary N) is 1. The molecular formula is C17H16N6O. The van der Waals surface area contributed by atoms with Gasteiger partial charge in [-0.3, -0.25) is 9.78 Å². The highest BCUT2D eigenvalue weighted by atomic mass is 16.2. The van der Waals surface area contributed by atoms with Gasteiger partial charge in [0.05, 0.1) is 17.2 Å². The number of amides is 1. The van der Waals surface area contributed by atoms with Crippen LogP contribution < -0.4 is 10.2 Å². The smallest absolute Gasteiger partial charge is 0.277 e. The van der Waals surface area contributed by atoms with E-state index in [9.17, 15) is 4.79 Å². The fraction of sp³-hybridized carbons (Fsp3) is 0.235. The second kappa shape index (κ2) is 6.19. The average Bonchev–Trinajstić information content (AvgIpc) is 3.16. The van der Waals surface area contributed by atoms with Gasteiger partial charge >= 0.3 is 0 Å². The second-order valence-corrected chi connectivity index (χ2v) is 5.62. The van der Waals surface area contributed by atoms with Gasteiger partial charge in [0.15, 0.2) is 11.6 Å². The number of hydrogen-bond donors (Lipinski definition) is 1. The molecule has 7 heteroatoms. The minimum absolute atomic E-state index is 0.250. The molecular weight excluding hydrogens is 304 g/mol. The Bertz CT molecular complexity index is 877. The molecule has 3 heterocycles. The monoisotopic (exact) mass is 320 g/mol. The van der Waals surface area contributed by atoms with Crippen molar-refractivity contribution in [2.45, 2.75) is 12.8 Å². The van der Waals surface area contributed by atoms with Crippen LogP contribution in [-0.2, 0) is 0 Å². The third-order valence-electron chi connectivity index (χ3n) is 3.99. The summed E-state index contributed by atoms with van der Waals surface area (Å²) in [5.74, 6) is 0.836. The molecule has 120 valence electrons. The fourth-order valence-electron chi connectivity index (χ4n) is 2.81. The van der Waals surface area contributed by atoms with Crippen molar-refractivity contribution in [2.75, 3.05) is 23.3 Å². The van der Waals surface area contributed by atoms with Crippen LogP contribution in [0.2, 0.25) is 0 Å². The summed E-state index contributed by atoms with van der Waals surface area (Å²) in [6.07, 6.45) is 6.68. The lowest BCUT2D eigenvalue weighted by Crippen LogP contribution is -2.23. The SMILES string of the molecule is O=C(Nc1nc2ccccc2nc1N1CCCC1)c1cnccn1. The van der Waals surface area contributed by atoms with Crippen LogP contribution in [0.15, 0.2) is 42.9 Å². The van der Waals surface area contributed by atoms with Gasteiger partial charge in [-0.25, -0.2) is 15.0 Å². The van der Waals surface area contributed by atoms with Crippen LogP contribution in [0.1, 0.15) is 23.3 Å². The van der Waals surface area contributed by atoms with E-state index in [-0.39, 0.29) is 11.6 Å². The Morgan fingerprint density at radius 1 is 1.04 bits per heavy atom. The van der Waals surface area contributed by atoms with Crippen molar-refractivity contribution in [3.05, 3.63) is 48.5 Å². The van der Waals surface area contributed by atoms with Crippen LogP contribution in [0.5, 0.6) is 0 Å². The summed E-state index contributed by atoms with van der Waals surface area (Å²) in [6.45, 7) is 1.84. The molecule has 3 aromatic rings. The Balaban J connectivity index is 1.74. The summed E-state index contributed by atoms with van der Waals surface area (Å²) < 4.78 is 0. The summed E-state index contributed by atoms with van der Waals surface area (Å²) in [5.41, 5.74) is 1.81. The summed E-state index contributed by atoms with van der Waals surface area (Å²) in [6, 6.07) is 7.65. The maximum absolute atomic E-state index is 12.4. The van der Waals surface area contributed by atoms with Gasteiger partial charge < -0.3 is 10.2 Å². The molecule has 0 atom stereocenters. The van der Waals surface area contributed by atoms with E-state index in [0.717, 1.165) is 37.0 Å². The average molecular weight is 320 g/mol. The van der Waals surface area contributed by atoms with Crippen LogP contribution in [0.25, 0.3) is 11.0 Å². The van der Waals surface area contributed by atoms with Gasteiger partial charge in [-0.2, -0.15) is 0 Å². The van der Waals surface area contributed by atoms with E-state index in [1.807, 2.05) is 24.3 Å². The summed E-state index contributed by atoms with van der Waals surface area (Å²) in [7, 11) is 0. The van der Waals surface area contributed by atoms with Crippen molar-refractivity contribution in [1.82, 2.24) is 19.9 Å². The predicted octanol–water partition coefficient (Wildman–Crippen LogP) is 2.27. The van der Waals surface area contributed by atoms with Gasteiger partial charge in [0, 0.05) is 25.5 Å². The number of nitrogens with zero attached hydrogens (tertiary/aromatic N) is 5. The molecule has 1 N–H and O–H groups in total. The highest BCUT2D eigenvalue weighted by molar-refractivity contribution is 6.04. The van der Waals surface area contributed by atoms with Gasteiger partial charge in [0.2, 0.25) is 0 Å². The van der Waals surface area contributed by atoms with E-state index in [1.54, 1.807) is 0 Å². The Morgan fingerprint density at radius 3 is 2.50 bits per heavy atom. The van der Waals surface area contributed by atoms with Gasteiger partial charge in [-0.1, -0.05) is 12.1 Å². The van der Waals surface area contributed by atoms with Crippen molar-refractivity contribution in [3.63, 3.8) is 0 Å². The Labute approximate surface area is 138 Å².